The summed E-state index contributed by atoms with van der Waals surface area (Å²) < 4.78 is 5.16. The van der Waals surface area contributed by atoms with E-state index in [1.54, 1.807) is 6.08 Å². The molecule has 16 heavy (non-hydrogen) atoms. The van der Waals surface area contributed by atoms with E-state index in [9.17, 15) is 9.59 Å². The highest BCUT2D eigenvalue weighted by molar-refractivity contribution is 5.83. The maximum atomic E-state index is 12.0. The zero-order valence-corrected chi connectivity index (χ0v) is 9.22. The topological polar surface area (TPSA) is 66.8 Å². The SMILES string of the molecule is C=CCN(CC(=O)O)C(=O)C1CCOCC1. The van der Waals surface area contributed by atoms with E-state index in [1.165, 1.54) is 4.90 Å². The Kier molecular flexibility index (Phi) is 4.98. The molecular weight excluding hydrogens is 210 g/mol. The molecule has 1 N–H and O–H groups in total. The van der Waals surface area contributed by atoms with E-state index in [2.05, 4.69) is 6.58 Å². The minimum absolute atomic E-state index is 0.104. The number of carbonyl (C=O) groups is 2. The first kappa shape index (κ1) is 12.7. The number of rotatable bonds is 5. The first-order chi connectivity index (χ1) is 7.65. The van der Waals surface area contributed by atoms with Gasteiger partial charge in [-0.25, -0.2) is 0 Å². The summed E-state index contributed by atoms with van der Waals surface area (Å²) in [4.78, 5) is 23.9. The van der Waals surface area contributed by atoms with Gasteiger partial charge < -0.3 is 14.7 Å². The summed E-state index contributed by atoms with van der Waals surface area (Å²) in [5.74, 6) is -1.21. The van der Waals surface area contributed by atoms with Gasteiger partial charge in [0.1, 0.15) is 6.54 Å². The Morgan fingerprint density at radius 1 is 1.44 bits per heavy atom. The van der Waals surface area contributed by atoms with Gasteiger partial charge in [-0.3, -0.25) is 9.59 Å². The van der Waals surface area contributed by atoms with Crippen LogP contribution < -0.4 is 0 Å². The highest BCUT2D eigenvalue weighted by Gasteiger charge is 2.26. The lowest BCUT2D eigenvalue weighted by atomic mass is 9.98. The molecule has 0 saturated carbocycles. The van der Waals surface area contributed by atoms with Gasteiger partial charge in [0.25, 0.3) is 0 Å². The van der Waals surface area contributed by atoms with E-state index in [1.807, 2.05) is 0 Å². The quantitative estimate of drug-likeness (QED) is 0.695. The zero-order chi connectivity index (χ0) is 12.0. The van der Waals surface area contributed by atoms with Gasteiger partial charge in [-0.05, 0) is 12.8 Å². The molecular formula is C11H17NO4. The maximum absolute atomic E-state index is 12.0. The number of nitrogens with zero attached hydrogens (tertiary/aromatic N) is 1. The van der Waals surface area contributed by atoms with Crippen molar-refractivity contribution in [2.75, 3.05) is 26.3 Å². The molecule has 0 aliphatic carbocycles. The molecule has 1 aliphatic rings. The Morgan fingerprint density at radius 3 is 2.56 bits per heavy atom. The molecule has 90 valence electrons. The van der Waals surface area contributed by atoms with Gasteiger partial charge in [0.2, 0.25) is 5.91 Å². The van der Waals surface area contributed by atoms with E-state index in [0.717, 1.165) is 0 Å². The van der Waals surface area contributed by atoms with Crippen molar-refractivity contribution in [3.63, 3.8) is 0 Å². The number of hydrogen-bond acceptors (Lipinski definition) is 3. The molecule has 0 bridgehead atoms. The van der Waals surface area contributed by atoms with Crippen LogP contribution in [0.1, 0.15) is 12.8 Å². The van der Waals surface area contributed by atoms with Gasteiger partial charge in [0.05, 0.1) is 0 Å². The maximum Gasteiger partial charge on any atom is 0.323 e. The molecule has 0 unspecified atom stereocenters. The summed E-state index contributed by atoms with van der Waals surface area (Å²) in [6, 6.07) is 0. The Bertz CT molecular complexity index is 271. The van der Waals surface area contributed by atoms with Crippen LogP contribution in [0.15, 0.2) is 12.7 Å². The summed E-state index contributed by atoms with van der Waals surface area (Å²) in [6.45, 7) is 4.69. The lowest BCUT2D eigenvalue weighted by molar-refractivity contribution is -0.147. The number of carbonyl (C=O) groups excluding carboxylic acids is 1. The van der Waals surface area contributed by atoms with Crippen LogP contribution >= 0.6 is 0 Å². The van der Waals surface area contributed by atoms with Crippen molar-refractivity contribution in [3.05, 3.63) is 12.7 Å². The largest absolute Gasteiger partial charge is 0.480 e. The van der Waals surface area contributed by atoms with Crippen LogP contribution in [0.2, 0.25) is 0 Å². The molecule has 0 aromatic carbocycles. The Balaban J connectivity index is 2.57. The third-order valence-electron chi connectivity index (χ3n) is 2.56. The van der Waals surface area contributed by atoms with Gasteiger partial charge in [-0.2, -0.15) is 0 Å². The van der Waals surface area contributed by atoms with Crippen LogP contribution in [0.4, 0.5) is 0 Å². The van der Waals surface area contributed by atoms with Gasteiger partial charge >= 0.3 is 5.97 Å². The Labute approximate surface area is 94.7 Å². The normalized spacial score (nSPS) is 16.8. The third-order valence-corrected chi connectivity index (χ3v) is 2.56. The van der Waals surface area contributed by atoms with E-state index in [0.29, 0.717) is 26.1 Å². The molecule has 1 rings (SSSR count). The molecule has 0 radical (unpaired) electrons. The monoisotopic (exact) mass is 227 g/mol. The number of ether oxygens (including phenoxy) is 1. The number of aliphatic carboxylic acids is 1. The van der Waals surface area contributed by atoms with E-state index >= 15 is 0 Å². The molecule has 1 heterocycles. The van der Waals surface area contributed by atoms with Crippen molar-refractivity contribution in [3.8, 4) is 0 Å². The van der Waals surface area contributed by atoms with E-state index in [4.69, 9.17) is 9.84 Å². The van der Waals surface area contributed by atoms with Crippen molar-refractivity contribution >= 4 is 11.9 Å². The van der Waals surface area contributed by atoms with Gasteiger partial charge in [0.15, 0.2) is 0 Å². The molecule has 1 saturated heterocycles. The zero-order valence-electron chi connectivity index (χ0n) is 9.22. The first-order valence-electron chi connectivity index (χ1n) is 5.34. The van der Waals surface area contributed by atoms with E-state index < -0.39 is 5.97 Å². The number of amides is 1. The lowest BCUT2D eigenvalue weighted by Gasteiger charge is -2.27. The van der Waals surface area contributed by atoms with Crippen molar-refractivity contribution in [1.29, 1.82) is 0 Å². The van der Waals surface area contributed by atoms with Crippen LogP contribution in [-0.4, -0.2) is 48.2 Å². The summed E-state index contributed by atoms with van der Waals surface area (Å²) in [7, 11) is 0. The average Bonchev–Trinajstić information content (AvgIpc) is 2.28. The molecule has 0 atom stereocenters. The highest BCUT2D eigenvalue weighted by Crippen LogP contribution is 2.17. The predicted molar refractivity (Wildman–Crippen MR) is 58.0 cm³/mol. The molecule has 1 fully saturated rings. The van der Waals surface area contributed by atoms with Crippen molar-refractivity contribution in [1.82, 2.24) is 4.90 Å². The minimum Gasteiger partial charge on any atom is -0.480 e. The fourth-order valence-electron chi connectivity index (χ4n) is 1.75. The van der Waals surface area contributed by atoms with Crippen LogP contribution in [0.5, 0.6) is 0 Å². The summed E-state index contributed by atoms with van der Waals surface area (Å²) in [5.41, 5.74) is 0. The van der Waals surface area contributed by atoms with E-state index in [-0.39, 0.29) is 24.9 Å². The van der Waals surface area contributed by atoms with Gasteiger partial charge in [-0.1, -0.05) is 6.08 Å². The van der Waals surface area contributed by atoms with Crippen LogP contribution in [-0.2, 0) is 14.3 Å². The summed E-state index contributed by atoms with van der Waals surface area (Å²) >= 11 is 0. The van der Waals surface area contributed by atoms with Crippen molar-refractivity contribution in [2.24, 2.45) is 5.92 Å². The molecule has 5 nitrogen and oxygen atoms in total. The molecule has 1 aliphatic heterocycles. The molecule has 1 amide bonds. The highest BCUT2D eigenvalue weighted by atomic mass is 16.5. The second-order valence-corrected chi connectivity index (χ2v) is 3.79. The Morgan fingerprint density at radius 2 is 2.06 bits per heavy atom. The van der Waals surface area contributed by atoms with Gasteiger partial charge in [-0.15, -0.1) is 6.58 Å². The number of carboxylic acid groups (broad SMARTS) is 1. The molecule has 5 heteroatoms. The Hall–Kier alpha value is -1.36. The fraction of sp³-hybridized carbons (Fsp3) is 0.636. The van der Waals surface area contributed by atoms with Crippen LogP contribution in [0.3, 0.4) is 0 Å². The second-order valence-electron chi connectivity index (χ2n) is 3.79. The van der Waals surface area contributed by atoms with Crippen LogP contribution in [0.25, 0.3) is 0 Å². The van der Waals surface area contributed by atoms with Crippen molar-refractivity contribution in [2.45, 2.75) is 12.8 Å². The van der Waals surface area contributed by atoms with Gasteiger partial charge in [0, 0.05) is 25.7 Å². The predicted octanol–water partition coefficient (Wildman–Crippen LogP) is 0.512. The smallest absolute Gasteiger partial charge is 0.323 e. The second kappa shape index (κ2) is 6.27. The minimum atomic E-state index is -0.998. The summed E-state index contributed by atoms with van der Waals surface area (Å²) in [6.07, 6.45) is 2.89. The van der Waals surface area contributed by atoms with Crippen LogP contribution in [0, 0.1) is 5.92 Å². The standard InChI is InChI=1S/C11H17NO4/c1-2-5-12(8-10(13)14)11(15)9-3-6-16-7-4-9/h2,9H,1,3-8H2,(H,13,14). The fourth-order valence-corrected chi connectivity index (χ4v) is 1.75. The molecule has 0 aromatic rings. The third kappa shape index (κ3) is 3.66. The lowest BCUT2D eigenvalue weighted by Crippen LogP contribution is -2.41. The number of hydrogen-bond donors (Lipinski definition) is 1. The molecule has 0 spiro atoms. The van der Waals surface area contributed by atoms with Crippen molar-refractivity contribution < 1.29 is 19.4 Å². The summed E-state index contributed by atoms with van der Waals surface area (Å²) in [5, 5.41) is 8.70. The number of carboxylic acids is 1. The average molecular weight is 227 g/mol. The molecule has 0 aromatic heterocycles. The first-order valence-corrected chi connectivity index (χ1v) is 5.34.